The van der Waals surface area contributed by atoms with Crippen LogP contribution in [0.25, 0.3) is 11.1 Å². The minimum absolute atomic E-state index is 0.513. The predicted molar refractivity (Wildman–Crippen MR) is 68.3 cm³/mol. The maximum Gasteiger partial charge on any atom is 0.132 e. The Kier molecular flexibility index (Phi) is 3.10. The first-order valence-corrected chi connectivity index (χ1v) is 5.56. The van der Waals surface area contributed by atoms with E-state index in [9.17, 15) is 0 Å². The quantitative estimate of drug-likeness (QED) is 0.918. The van der Waals surface area contributed by atoms with Crippen LogP contribution in [0.5, 0.6) is 5.75 Å². The Balaban J connectivity index is 2.50. The van der Waals surface area contributed by atoms with E-state index in [1.54, 1.807) is 13.3 Å². The molecule has 0 aliphatic rings. The maximum atomic E-state index is 5.85. The lowest BCUT2D eigenvalue weighted by molar-refractivity contribution is 0.415. The summed E-state index contributed by atoms with van der Waals surface area (Å²) in [5.41, 5.74) is 7.77. The highest BCUT2D eigenvalue weighted by Gasteiger charge is 2.07. The lowest BCUT2D eigenvalue weighted by atomic mass is 10.1. The monoisotopic (exact) mass is 278 g/mol. The van der Waals surface area contributed by atoms with Crippen LogP contribution in [0.2, 0.25) is 0 Å². The number of anilines is 1. The molecule has 16 heavy (non-hydrogen) atoms. The van der Waals surface area contributed by atoms with Crippen LogP contribution in [0, 0.1) is 0 Å². The highest BCUT2D eigenvalue weighted by Crippen LogP contribution is 2.32. The molecular weight excluding hydrogens is 268 g/mol. The van der Waals surface area contributed by atoms with Crippen molar-refractivity contribution in [2.45, 2.75) is 0 Å². The minimum atomic E-state index is 0.513. The zero-order valence-electron chi connectivity index (χ0n) is 8.77. The van der Waals surface area contributed by atoms with Gasteiger partial charge in [0.15, 0.2) is 0 Å². The number of aromatic nitrogens is 1. The van der Waals surface area contributed by atoms with E-state index in [1.807, 2.05) is 30.3 Å². The second-order valence-electron chi connectivity index (χ2n) is 3.28. The minimum Gasteiger partial charge on any atom is -0.497 e. The Morgan fingerprint density at radius 3 is 2.44 bits per heavy atom. The second-order valence-corrected chi connectivity index (χ2v) is 4.14. The molecule has 0 saturated carbocycles. The summed E-state index contributed by atoms with van der Waals surface area (Å²) < 4.78 is 6.04. The molecule has 2 rings (SSSR count). The van der Waals surface area contributed by atoms with Crippen LogP contribution in [0.15, 0.2) is 41.0 Å². The molecule has 1 heterocycles. The van der Waals surface area contributed by atoms with Crippen molar-refractivity contribution in [2.75, 3.05) is 12.8 Å². The van der Waals surface area contributed by atoms with Gasteiger partial charge in [0, 0.05) is 16.2 Å². The number of methoxy groups -OCH3 is 1. The molecule has 3 nitrogen and oxygen atoms in total. The molecule has 4 heteroatoms. The van der Waals surface area contributed by atoms with Crippen molar-refractivity contribution in [3.05, 3.63) is 41.0 Å². The van der Waals surface area contributed by atoms with Crippen LogP contribution in [0.4, 0.5) is 5.82 Å². The van der Waals surface area contributed by atoms with Crippen molar-refractivity contribution in [2.24, 2.45) is 0 Å². The molecule has 0 spiro atoms. The zero-order valence-corrected chi connectivity index (χ0v) is 10.4. The topological polar surface area (TPSA) is 48.1 Å². The third-order valence-corrected chi connectivity index (χ3v) is 2.97. The summed E-state index contributed by atoms with van der Waals surface area (Å²) in [6.07, 6.45) is 1.67. The molecule has 2 aromatic rings. The van der Waals surface area contributed by atoms with Gasteiger partial charge in [0.25, 0.3) is 0 Å². The Hall–Kier alpha value is -1.55. The van der Waals surface area contributed by atoms with E-state index < -0.39 is 0 Å². The van der Waals surface area contributed by atoms with Gasteiger partial charge in [0.2, 0.25) is 0 Å². The number of halogens is 1. The van der Waals surface area contributed by atoms with E-state index in [-0.39, 0.29) is 0 Å². The first-order valence-electron chi connectivity index (χ1n) is 4.77. The number of hydrogen-bond acceptors (Lipinski definition) is 3. The van der Waals surface area contributed by atoms with Crippen LogP contribution in [0.1, 0.15) is 0 Å². The molecule has 0 aliphatic carbocycles. The van der Waals surface area contributed by atoms with Gasteiger partial charge in [-0.2, -0.15) is 0 Å². The van der Waals surface area contributed by atoms with Gasteiger partial charge >= 0.3 is 0 Å². The molecule has 0 unspecified atom stereocenters. The van der Waals surface area contributed by atoms with E-state index in [0.29, 0.717) is 5.82 Å². The van der Waals surface area contributed by atoms with Crippen molar-refractivity contribution >= 4 is 21.7 Å². The van der Waals surface area contributed by atoms with Gasteiger partial charge in [-0.25, -0.2) is 4.98 Å². The number of rotatable bonds is 2. The largest absolute Gasteiger partial charge is 0.497 e. The summed E-state index contributed by atoms with van der Waals surface area (Å²) in [4.78, 5) is 4.08. The van der Waals surface area contributed by atoms with Crippen molar-refractivity contribution < 1.29 is 4.74 Å². The molecule has 0 amide bonds. The van der Waals surface area contributed by atoms with Crippen molar-refractivity contribution in [3.63, 3.8) is 0 Å². The van der Waals surface area contributed by atoms with Crippen LogP contribution in [-0.4, -0.2) is 12.1 Å². The van der Waals surface area contributed by atoms with E-state index in [4.69, 9.17) is 10.5 Å². The lowest BCUT2D eigenvalue weighted by Crippen LogP contribution is -1.94. The zero-order chi connectivity index (χ0) is 11.5. The molecule has 2 N–H and O–H groups in total. The standard InChI is InChI=1S/C12H11BrN2O/c1-16-9-4-2-8(3-5-9)11-10(13)6-7-15-12(11)14/h2-7H,1H3,(H2,14,15). The fraction of sp³-hybridized carbons (Fsp3) is 0.0833. The Labute approximate surface area is 102 Å². The fourth-order valence-corrected chi connectivity index (χ4v) is 2.05. The van der Waals surface area contributed by atoms with E-state index in [2.05, 4.69) is 20.9 Å². The number of pyridine rings is 1. The van der Waals surface area contributed by atoms with Crippen LogP contribution in [-0.2, 0) is 0 Å². The normalized spacial score (nSPS) is 10.1. The molecule has 0 bridgehead atoms. The first kappa shape index (κ1) is 11.0. The van der Waals surface area contributed by atoms with Gasteiger partial charge in [-0.05, 0) is 39.7 Å². The summed E-state index contributed by atoms with van der Waals surface area (Å²) >= 11 is 3.47. The molecule has 0 saturated heterocycles. The average molecular weight is 279 g/mol. The number of benzene rings is 1. The van der Waals surface area contributed by atoms with E-state index in [0.717, 1.165) is 21.3 Å². The van der Waals surface area contributed by atoms with Crippen LogP contribution < -0.4 is 10.5 Å². The van der Waals surface area contributed by atoms with E-state index >= 15 is 0 Å². The molecule has 82 valence electrons. The van der Waals surface area contributed by atoms with Crippen LogP contribution >= 0.6 is 15.9 Å². The Morgan fingerprint density at radius 2 is 1.88 bits per heavy atom. The summed E-state index contributed by atoms with van der Waals surface area (Å²) in [6, 6.07) is 9.58. The van der Waals surface area contributed by atoms with Gasteiger partial charge in [-0.1, -0.05) is 12.1 Å². The summed E-state index contributed by atoms with van der Waals surface area (Å²) in [6.45, 7) is 0. The Bertz CT molecular complexity index is 477. The first-order chi connectivity index (χ1) is 7.72. The third kappa shape index (κ3) is 2.02. The number of nitrogens with two attached hydrogens (primary N) is 1. The van der Waals surface area contributed by atoms with Gasteiger partial charge in [-0.15, -0.1) is 0 Å². The summed E-state index contributed by atoms with van der Waals surface area (Å²) in [5.74, 6) is 1.34. The van der Waals surface area contributed by atoms with Crippen LogP contribution in [0.3, 0.4) is 0 Å². The highest BCUT2D eigenvalue weighted by molar-refractivity contribution is 9.10. The number of ether oxygens (including phenoxy) is 1. The van der Waals surface area contributed by atoms with E-state index in [1.165, 1.54) is 0 Å². The van der Waals surface area contributed by atoms with Crippen molar-refractivity contribution in [1.82, 2.24) is 4.98 Å². The molecule has 0 aliphatic heterocycles. The SMILES string of the molecule is COc1ccc(-c2c(Br)ccnc2N)cc1. The molecule has 1 aromatic heterocycles. The third-order valence-electron chi connectivity index (χ3n) is 2.31. The number of nitrogen functional groups attached to an aromatic ring is 1. The molecule has 0 fully saturated rings. The number of nitrogens with zero attached hydrogens (tertiary/aromatic N) is 1. The average Bonchev–Trinajstić information content (AvgIpc) is 2.30. The van der Waals surface area contributed by atoms with Gasteiger partial charge in [0.1, 0.15) is 11.6 Å². The fourth-order valence-electron chi connectivity index (χ4n) is 1.50. The molecule has 0 atom stereocenters. The van der Waals surface area contributed by atoms with Gasteiger partial charge < -0.3 is 10.5 Å². The summed E-state index contributed by atoms with van der Waals surface area (Å²) in [7, 11) is 1.64. The highest BCUT2D eigenvalue weighted by atomic mass is 79.9. The van der Waals surface area contributed by atoms with Crippen molar-refractivity contribution in [3.8, 4) is 16.9 Å². The molecule has 1 aromatic carbocycles. The smallest absolute Gasteiger partial charge is 0.132 e. The Morgan fingerprint density at radius 1 is 1.19 bits per heavy atom. The van der Waals surface area contributed by atoms with Gasteiger partial charge in [-0.3, -0.25) is 0 Å². The van der Waals surface area contributed by atoms with Crippen molar-refractivity contribution in [1.29, 1.82) is 0 Å². The van der Waals surface area contributed by atoms with Gasteiger partial charge in [0.05, 0.1) is 7.11 Å². The number of hydrogen-bond donors (Lipinski definition) is 1. The molecule has 0 radical (unpaired) electrons. The lowest BCUT2D eigenvalue weighted by Gasteiger charge is -2.08. The maximum absolute atomic E-state index is 5.85. The predicted octanol–water partition coefficient (Wildman–Crippen LogP) is 3.10. The summed E-state index contributed by atoms with van der Waals surface area (Å²) in [5, 5.41) is 0. The molecular formula is C12H11BrN2O. The second kappa shape index (κ2) is 4.53.